The minimum Gasteiger partial charge on any atom is -0.395 e. The van der Waals surface area contributed by atoms with Gasteiger partial charge in [-0.25, -0.2) is 4.52 Å². The van der Waals surface area contributed by atoms with E-state index in [0.29, 0.717) is 10.9 Å². The molecule has 0 unspecified atom stereocenters. The molecule has 0 aliphatic carbocycles. The van der Waals surface area contributed by atoms with Crippen LogP contribution in [0.1, 0.15) is 11.3 Å². The van der Waals surface area contributed by atoms with Crippen LogP contribution in [0, 0.1) is 22.7 Å². The monoisotopic (exact) mass is 262 g/mol. The molecule has 2 N–H and O–H groups in total. The first-order valence-electron chi connectivity index (χ1n) is 5.59. The minimum absolute atomic E-state index is 0.0283. The van der Waals surface area contributed by atoms with Gasteiger partial charge in [0.2, 0.25) is 0 Å². The molecule has 0 bridgehead atoms. The first kappa shape index (κ1) is 11.6. The van der Waals surface area contributed by atoms with Crippen molar-refractivity contribution in [2.24, 2.45) is 0 Å². The highest BCUT2D eigenvalue weighted by molar-refractivity contribution is 5.83. The third kappa shape index (κ3) is 1.41. The zero-order valence-electron chi connectivity index (χ0n) is 10.0. The number of fused-ring (bicyclic) bond motifs is 3. The van der Waals surface area contributed by atoms with E-state index in [0.717, 1.165) is 0 Å². The number of para-hydroxylation sites is 1. The number of hydrogen-bond donors (Lipinski definition) is 1. The van der Waals surface area contributed by atoms with Crippen LogP contribution in [0.4, 0.5) is 5.69 Å². The van der Waals surface area contributed by atoms with E-state index in [4.69, 9.17) is 11.0 Å². The molecule has 0 aliphatic heterocycles. The van der Waals surface area contributed by atoms with Crippen LogP contribution in [0.3, 0.4) is 0 Å². The first-order valence-corrected chi connectivity index (χ1v) is 5.59. The van der Waals surface area contributed by atoms with E-state index < -0.39 is 5.56 Å². The molecule has 2 aromatic heterocycles. The van der Waals surface area contributed by atoms with Gasteiger partial charge in [0.15, 0.2) is 11.3 Å². The Morgan fingerprint density at radius 3 is 2.65 bits per heavy atom. The molecule has 0 fully saturated rings. The van der Waals surface area contributed by atoms with E-state index in [2.05, 4.69) is 10.1 Å². The Bertz CT molecular complexity index is 1010. The molecule has 2 heterocycles. The molecule has 20 heavy (non-hydrogen) atoms. The van der Waals surface area contributed by atoms with Gasteiger partial charge in [0.25, 0.3) is 5.56 Å². The van der Waals surface area contributed by atoms with Crippen molar-refractivity contribution in [3.63, 3.8) is 0 Å². The van der Waals surface area contributed by atoms with Crippen LogP contribution in [0.15, 0.2) is 29.1 Å². The van der Waals surface area contributed by atoms with Crippen LogP contribution in [0.5, 0.6) is 0 Å². The van der Waals surface area contributed by atoms with E-state index in [1.807, 2.05) is 12.1 Å². The van der Waals surface area contributed by atoms with Gasteiger partial charge in [-0.05, 0) is 12.1 Å². The number of rotatable bonds is 0. The lowest BCUT2D eigenvalue weighted by Crippen LogP contribution is -2.15. The summed E-state index contributed by atoms with van der Waals surface area (Å²) in [6.45, 7) is 0. The Balaban J connectivity index is 2.70. The van der Waals surface area contributed by atoms with Crippen LogP contribution in [-0.4, -0.2) is 14.6 Å². The minimum atomic E-state index is -0.469. The fourth-order valence-electron chi connectivity index (χ4n) is 2.01. The number of aromatic nitrogens is 3. The van der Waals surface area contributed by atoms with Crippen LogP contribution in [0.25, 0.3) is 16.6 Å². The van der Waals surface area contributed by atoms with Crippen molar-refractivity contribution in [3.05, 3.63) is 45.9 Å². The maximum atomic E-state index is 12.0. The number of anilines is 1. The van der Waals surface area contributed by atoms with Gasteiger partial charge in [-0.15, -0.1) is 0 Å². The summed E-state index contributed by atoms with van der Waals surface area (Å²) in [5.41, 5.74) is 5.57. The zero-order valence-corrected chi connectivity index (χ0v) is 10.0. The Kier molecular flexibility index (Phi) is 2.35. The fraction of sp³-hybridized carbons (Fsp3) is 0. The number of nitrogen functional groups attached to an aromatic ring is 1. The quantitative estimate of drug-likeness (QED) is 0.591. The molecule has 1 aromatic carbocycles. The maximum absolute atomic E-state index is 12.0. The molecule has 94 valence electrons. The van der Waals surface area contributed by atoms with Gasteiger partial charge in [0, 0.05) is 0 Å². The van der Waals surface area contributed by atoms with Crippen molar-refractivity contribution in [3.8, 4) is 12.1 Å². The summed E-state index contributed by atoms with van der Waals surface area (Å²) >= 11 is 0. The van der Waals surface area contributed by atoms with E-state index >= 15 is 0 Å². The van der Waals surface area contributed by atoms with Crippen molar-refractivity contribution in [1.29, 1.82) is 10.5 Å². The second-order valence-electron chi connectivity index (χ2n) is 4.03. The Hall–Kier alpha value is -3.45. The van der Waals surface area contributed by atoms with Crippen molar-refractivity contribution >= 4 is 22.2 Å². The molecule has 0 saturated carbocycles. The van der Waals surface area contributed by atoms with Gasteiger partial charge in [0.1, 0.15) is 17.7 Å². The lowest BCUT2D eigenvalue weighted by atomic mass is 10.2. The van der Waals surface area contributed by atoms with Crippen LogP contribution in [0.2, 0.25) is 0 Å². The van der Waals surface area contributed by atoms with Crippen LogP contribution >= 0.6 is 0 Å². The summed E-state index contributed by atoms with van der Waals surface area (Å²) in [5, 5.41) is 22.6. The molecular weight excluding hydrogens is 256 g/mol. The van der Waals surface area contributed by atoms with Gasteiger partial charge in [0.05, 0.1) is 16.6 Å². The van der Waals surface area contributed by atoms with E-state index in [1.165, 1.54) is 4.52 Å². The lowest BCUT2D eigenvalue weighted by Gasteiger charge is -2.08. The van der Waals surface area contributed by atoms with Crippen LogP contribution < -0.4 is 11.3 Å². The van der Waals surface area contributed by atoms with Gasteiger partial charge < -0.3 is 5.73 Å². The molecule has 7 heteroatoms. The van der Waals surface area contributed by atoms with Crippen molar-refractivity contribution in [2.75, 3.05) is 5.73 Å². The average molecular weight is 262 g/mol. The third-order valence-electron chi connectivity index (χ3n) is 2.94. The SMILES string of the molecule is N#Cc1nn2c(nc(=O)c3ccccc32)c(C#N)c1N. The highest BCUT2D eigenvalue weighted by atomic mass is 16.1. The van der Waals surface area contributed by atoms with E-state index in [9.17, 15) is 10.1 Å². The Morgan fingerprint density at radius 1 is 1.20 bits per heavy atom. The summed E-state index contributed by atoms with van der Waals surface area (Å²) < 4.78 is 1.30. The predicted octanol–water partition coefficient (Wildman–Crippen LogP) is 0.568. The smallest absolute Gasteiger partial charge is 0.281 e. The molecule has 0 radical (unpaired) electrons. The number of nitriles is 2. The Morgan fingerprint density at radius 2 is 1.95 bits per heavy atom. The number of nitrogens with zero attached hydrogens (tertiary/aromatic N) is 5. The number of benzene rings is 1. The second kappa shape index (κ2) is 4.04. The molecular formula is C13H6N6O. The van der Waals surface area contributed by atoms with Gasteiger partial charge in [-0.3, -0.25) is 4.79 Å². The molecule has 3 rings (SSSR count). The van der Waals surface area contributed by atoms with Gasteiger partial charge in [-0.2, -0.15) is 20.6 Å². The van der Waals surface area contributed by atoms with Crippen molar-refractivity contribution < 1.29 is 0 Å². The van der Waals surface area contributed by atoms with E-state index in [-0.39, 0.29) is 22.6 Å². The predicted molar refractivity (Wildman–Crippen MR) is 70.6 cm³/mol. The number of hydrogen-bond acceptors (Lipinski definition) is 6. The maximum Gasteiger partial charge on any atom is 0.281 e. The topological polar surface area (TPSA) is 121 Å². The standard InChI is InChI=1S/C13H6N6O/c14-5-8-11(16)9(6-15)18-19-10-4-2-1-3-7(10)13(20)17-12(8)19/h1-4H,16H2. The fourth-order valence-corrected chi connectivity index (χ4v) is 2.01. The van der Waals surface area contributed by atoms with Crippen LogP contribution in [-0.2, 0) is 0 Å². The average Bonchev–Trinajstić information content (AvgIpc) is 2.47. The highest BCUT2D eigenvalue weighted by Gasteiger charge is 2.16. The van der Waals surface area contributed by atoms with Gasteiger partial charge >= 0.3 is 0 Å². The molecule has 0 aliphatic rings. The summed E-state index contributed by atoms with van der Waals surface area (Å²) in [4.78, 5) is 15.8. The van der Waals surface area contributed by atoms with Crippen molar-refractivity contribution in [1.82, 2.24) is 14.6 Å². The van der Waals surface area contributed by atoms with E-state index in [1.54, 1.807) is 24.3 Å². The summed E-state index contributed by atoms with van der Waals surface area (Å²) in [6.07, 6.45) is 0. The summed E-state index contributed by atoms with van der Waals surface area (Å²) in [6, 6.07) is 10.4. The highest BCUT2D eigenvalue weighted by Crippen LogP contribution is 2.20. The lowest BCUT2D eigenvalue weighted by molar-refractivity contribution is 0.921. The normalized spacial score (nSPS) is 10.3. The molecule has 0 amide bonds. The second-order valence-corrected chi connectivity index (χ2v) is 4.03. The molecule has 0 atom stereocenters. The first-order chi connectivity index (χ1) is 9.67. The Labute approximate surface area is 112 Å². The molecule has 0 spiro atoms. The van der Waals surface area contributed by atoms with Crippen molar-refractivity contribution in [2.45, 2.75) is 0 Å². The number of nitrogens with two attached hydrogens (primary N) is 1. The molecule has 0 saturated heterocycles. The molecule has 7 nitrogen and oxygen atoms in total. The largest absolute Gasteiger partial charge is 0.395 e. The molecule has 3 aromatic rings. The van der Waals surface area contributed by atoms with Gasteiger partial charge in [-0.1, -0.05) is 12.1 Å². The summed E-state index contributed by atoms with van der Waals surface area (Å²) in [7, 11) is 0. The third-order valence-corrected chi connectivity index (χ3v) is 2.94. The zero-order chi connectivity index (χ0) is 14.3. The summed E-state index contributed by atoms with van der Waals surface area (Å²) in [5.74, 6) is 0.